The first-order valence-electron chi connectivity index (χ1n) is 7.52. The lowest BCUT2D eigenvalue weighted by molar-refractivity contribution is 0.0936. The molecule has 2 aromatic rings. The Labute approximate surface area is 127 Å². The van der Waals surface area contributed by atoms with Gasteiger partial charge in [-0.15, -0.1) is 0 Å². The van der Waals surface area contributed by atoms with Crippen LogP contribution in [0.3, 0.4) is 0 Å². The molecule has 1 amide bonds. The maximum atomic E-state index is 12.2. The normalized spacial score (nSPS) is 12.2. The van der Waals surface area contributed by atoms with E-state index >= 15 is 0 Å². The predicted octanol–water partition coefficient (Wildman–Crippen LogP) is 4.52. The van der Waals surface area contributed by atoms with Crippen molar-refractivity contribution in [1.82, 2.24) is 5.32 Å². The van der Waals surface area contributed by atoms with Crippen LogP contribution in [0.4, 0.5) is 0 Å². The molecule has 1 atom stereocenters. The molecule has 0 spiro atoms. The maximum absolute atomic E-state index is 12.2. The molecule has 0 bridgehead atoms. The second-order valence-corrected chi connectivity index (χ2v) is 5.95. The number of benzene rings is 2. The molecule has 0 saturated heterocycles. The Morgan fingerprint density at radius 3 is 2.05 bits per heavy atom. The van der Waals surface area contributed by atoms with E-state index in [2.05, 4.69) is 38.2 Å². The summed E-state index contributed by atoms with van der Waals surface area (Å²) >= 11 is 0. The fraction of sp³-hybridized carbons (Fsp3) is 0.316. The van der Waals surface area contributed by atoms with E-state index < -0.39 is 0 Å². The van der Waals surface area contributed by atoms with Crippen molar-refractivity contribution >= 4 is 5.91 Å². The molecule has 2 heteroatoms. The van der Waals surface area contributed by atoms with Crippen molar-refractivity contribution in [1.29, 1.82) is 0 Å². The van der Waals surface area contributed by atoms with Gasteiger partial charge in [0, 0.05) is 11.6 Å². The first kappa shape index (κ1) is 15.3. The molecule has 0 aliphatic rings. The van der Waals surface area contributed by atoms with Crippen LogP contribution in [0.2, 0.25) is 0 Å². The van der Waals surface area contributed by atoms with Crippen LogP contribution in [-0.4, -0.2) is 11.9 Å². The van der Waals surface area contributed by atoms with Gasteiger partial charge < -0.3 is 5.32 Å². The summed E-state index contributed by atoms with van der Waals surface area (Å²) in [6.45, 7) is 6.38. The molecule has 0 heterocycles. The van der Waals surface area contributed by atoms with Gasteiger partial charge in [-0.1, -0.05) is 56.3 Å². The Morgan fingerprint density at radius 1 is 0.905 bits per heavy atom. The van der Waals surface area contributed by atoms with Gasteiger partial charge in [0.1, 0.15) is 0 Å². The molecule has 110 valence electrons. The van der Waals surface area contributed by atoms with Crippen LogP contribution in [-0.2, 0) is 0 Å². The standard InChI is InChI=1S/C19H23NO/c1-14(2)13-15(3)20-19(21)18-11-9-17(10-12-18)16-7-5-4-6-8-16/h4-12,14-15H,13H2,1-3H3,(H,20,21)/t15-/m0/s1. The molecule has 21 heavy (non-hydrogen) atoms. The Kier molecular flexibility index (Phi) is 5.15. The lowest BCUT2D eigenvalue weighted by atomic mass is 10.0. The van der Waals surface area contributed by atoms with Crippen molar-refractivity contribution in [3.8, 4) is 11.1 Å². The summed E-state index contributed by atoms with van der Waals surface area (Å²) < 4.78 is 0. The second-order valence-electron chi connectivity index (χ2n) is 5.95. The first-order valence-corrected chi connectivity index (χ1v) is 7.52. The summed E-state index contributed by atoms with van der Waals surface area (Å²) in [6, 6.07) is 18.1. The molecule has 0 fully saturated rings. The Bertz CT molecular complexity index is 572. The average molecular weight is 281 g/mol. The third-order valence-electron chi connectivity index (χ3n) is 3.46. The van der Waals surface area contributed by atoms with Crippen molar-refractivity contribution < 1.29 is 4.79 Å². The second kappa shape index (κ2) is 7.07. The van der Waals surface area contributed by atoms with Crippen LogP contribution in [0.5, 0.6) is 0 Å². The van der Waals surface area contributed by atoms with E-state index in [9.17, 15) is 4.79 Å². The lowest BCUT2D eigenvalue weighted by Crippen LogP contribution is -2.33. The van der Waals surface area contributed by atoms with Crippen molar-refractivity contribution in [2.75, 3.05) is 0 Å². The zero-order valence-corrected chi connectivity index (χ0v) is 13.0. The van der Waals surface area contributed by atoms with Crippen molar-refractivity contribution in [3.05, 3.63) is 60.2 Å². The zero-order valence-electron chi connectivity index (χ0n) is 13.0. The fourth-order valence-electron chi connectivity index (χ4n) is 2.52. The van der Waals surface area contributed by atoms with Crippen LogP contribution in [0.15, 0.2) is 54.6 Å². The largest absolute Gasteiger partial charge is 0.350 e. The lowest BCUT2D eigenvalue weighted by Gasteiger charge is -2.16. The van der Waals surface area contributed by atoms with Gasteiger partial charge in [0.15, 0.2) is 0 Å². The summed E-state index contributed by atoms with van der Waals surface area (Å²) in [6.07, 6.45) is 0.994. The highest BCUT2D eigenvalue weighted by Crippen LogP contribution is 2.19. The molecule has 0 aromatic heterocycles. The van der Waals surface area contributed by atoms with Gasteiger partial charge in [0.25, 0.3) is 5.91 Å². The molecule has 0 radical (unpaired) electrons. The van der Waals surface area contributed by atoms with Crippen molar-refractivity contribution in [2.45, 2.75) is 33.2 Å². The van der Waals surface area contributed by atoms with Crippen molar-refractivity contribution in [3.63, 3.8) is 0 Å². The predicted molar refractivity (Wildman–Crippen MR) is 88.3 cm³/mol. The van der Waals surface area contributed by atoms with Crippen molar-refractivity contribution in [2.24, 2.45) is 5.92 Å². The van der Waals surface area contributed by atoms with E-state index in [1.165, 1.54) is 0 Å². The summed E-state index contributed by atoms with van der Waals surface area (Å²) in [4.78, 5) is 12.2. The Hall–Kier alpha value is -2.09. The minimum atomic E-state index is 0.00256. The molecule has 0 aliphatic heterocycles. The zero-order chi connectivity index (χ0) is 15.2. The third kappa shape index (κ3) is 4.45. The van der Waals surface area contributed by atoms with E-state index in [1.807, 2.05) is 42.5 Å². The van der Waals surface area contributed by atoms with Gasteiger partial charge in [-0.2, -0.15) is 0 Å². The highest BCUT2D eigenvalue weighted by atomic mass is 16.1. The number of carbonyl (C=O) groups excluding carboxylic acids is 1. The minimum Gasteiger partial charge on any atom is -0.350 e. The molecular weight excluding hydrogens is 258 g/mol. The van der Waals surface area contributed by atoms with Crippen LogP contribution in [0.1, 0.15) is 37.6 Å². The monoisotopic (exact) mass is 281 g/mol. The maximum Gasteiger partial charge on any atom is 0.251 e. The fourth-order valence-corrected chi connectivity index (χ4v) is 2.52. The highest BCUT2D eigenvalue weighted by molar-refractivity contribution is 5.94. The molecule has 2 aromatic carbocycles. The van der Waals surface area contributed by atoms with Gasteiger partial charge in [-0.3, -0.25) is 4.79 Å². The van der Waals surface area contributed by atoms with Gasteiger partial charge in [0.05, 0.1) is 0 Å². The molecule has 0 saturated carbocycles. The van der Waals surface area contributed by atoms with Crippen LogP contribution >= 0.6 is 0 Å². The Balaban J connectivity index is 2.03. The molecule has 2 rings (SSSR count). The van der Waals surface area contributed by atoms with E-state index in [0.717, 1.165) is 17.5 Å². The third-order valence-corrected chi connectivity index (χ3v) is 3.46. The summed E-state index contributed by atoms with van der Waals surface area (Å²) in [5, 5.41) is 3.05. The van der Waals surface area contributed by atoms with Crippen LogP contribution in [0, 0.1) is 5.92 Å². The van der Waals surface area contributed by atoms with E-state index in [1.54, 1.807) is 0 Å². The minimum absolute atomic E-state index is 0.00256. The average Bonchev–Trinajstić information content (AvgIpc) is 2.47. The molecular formula is C19H23NO. The van der Waals surface area contributed by atoms with Gasteiger partial charge in [0.2, 0.25) is 0 Å². The van der Waals surface area contributed by atoms with E-state index in [4.69, 9.17) is 0 Å². The SMILES string of the molecule is CC(C)C[C@H](C)NC(=O)c1ccc(-c2ccccc2)cc1. The summed E-state index contributed by atoms with van der Waals surface area (Å²) in [5.41, 5.74) is 3.00. The number of carbonyl (C=O) groups is 1. The number of nitrogens with one attached hydrogen (secondary N) is 1. The van der Waals surface area contributed by atoms with Crippen LogP contribution in [0.25, 0.3) is 11.1 Å². The van der Waals surface area contributed by atoms with Gasteiger partial charge >= 0.3 is 0 Å². The molecule has 0 aliphatic carbocycles. The van der Waals surface area contributed by atoms with Gasteiger partial charge in [-0.05, 0) is 42.5 Å². The number of amides is 1. The van der Waals surface area contributed by atoms with Gasteiger partial charge in [-0.25, -0.2) is 0 Å². The molecule has 2 nitrogen and oxygen atoms in total. The smallest absolute Gasteiger partial charge is 0.251 e. The highest BCUT2D eigenvalue weighted by Gasteiger charge is 2.11. The number of hydrogen-bond donors (Lipinski definition) is 1. The number of hydrogen-bond acceptors (Lipinski definition) is 1. The summed E-state index contributed by atoms with van der Waals surface area (Å²) in [5.74, 6) is 0.587. The Morgan fingerprint density at radius 2 is 1.48 bits per heavy atom. The quantitative estimate of drug-likeness (QED) is 0.858. The number of rotatable bonds is 5. The first-order chi connectivity index (χ1) is 10.1. The van der Waals surface area contributed by atoms with Crippen LogP contribution < -0.4 is 5.32 Å². The molecule has 0 unspecified atom stereocenters. The van der Waals surface area contributed by atoms with E-state index in [-0.39, 0.29) is 11.9 Å². The summed E-state index contributed by atoms with van der Waals surface area (Å²) in [7, 11) is 0. The molecule has 1 N–H and O–H groups in total. The topological polar surface area (TPSA) is 29.1 Å². The van der Waals surface area contributed by atoms with E-state index in [0.29, 0.717) is 11.5 Å².